The van der Waals surface area contributed by atoms with Crippen LogP contribution in [0.4, 0.5) is 0 Å². The second-order valence-electron chi connectivity index (χ2n) is 10.2. The van der Waals surface area contributed by atoms with E-state index in [1.165, 1.54) is 5.56 Å². The van der Waals surface area contributed by atoms with Crippen molar-refractivity contribution in [3.8, 4) is 0 Å². The second-order valence-corrected chi connectivity index (χ2v) is 11.0. The maximum atomic E-state index is 13.3. The van der Waals surface area contributed by atoms with E-state index in [4.69, 9.17) is 0 Å². The highest BCUT2D eigenvalue weighted by molar-refractivity contribution is 7.08. The SMILES string of the molecule is O=C(/C=C/c1ccsc1)N1CCC2(CC1)CCN(C(=O)C1CC(=O)N(CCc3ccccc3)C1)C2. The molecule has 0 aliphatic carbocycles. The molecule has 0 radical (unpaired) electrons. The first kappa shape index (κ1) is 23.8. The topological polar surface area (TPSA) is 60.9 Å². The van der Waals surface area contributed by atoms with Crippen molar-refractivity contribution >= 4 is 35.1 Å². The Morgan fingerprint density at radius 3 is 2.49 bits per heavy atom. The number of piperidine rings is 1. The molecule has 7 heteroatoms. The van der Waals surface area contributed by atoms with Crippen molar-refractivity contribution in [1.29, 1.82) is 0 Å². The second kappa shape index (κ2) is 10.4. The molecule has 0 saturated carbocycles. The van der Waals surface area contributed by atoms with E-state index in [0.29, 0.717) is 19.5 Å². The summed E-state index contributed by atoms with van der Waals surface area (Å²) in [6.07, 6.45) is 7.55. The van der Waals surface area contributed by atoms with E-state index >= 15 is 0 Å². The van der Waals surface area contributed by atoms with Gasteiger partial charge in [0.25, 0.3) is 0 Å². The van der Waals surface area contributed by atoms with Crippen LogP contribution in [-0.4, -0.2) is 71.7 Å². The third kappa shape index (κ3) is 5.50. The lowest BCUT2D eigenvalue weighted by Crippen LogP contribution is -2.44. The van der Waals surface area contributed by atoms with Crippen molar-refractivity contribution in [2.75, 3.05) is 39.3 Å². The number of carbonyl (C=O) groups is 3. The third-order valence-corrected chi connectivity index (χ3v) is 8.63. The first-order valence-electron chi connectivity index (χ1n) is 12.6. The van der Waals surface area contributed by atoms with Crippen LogP contribution in [0.1, 0.15) is 36.8 Å². The monoisotopic (exact) mass is 491 g/mol. The molecule has 3 aliphatic heterocycles. The summed E-state index contributed by atoms with van der Waals surface area (Å²) < 4.78 is 0. The lowest BCUT2D eigenvalue weighted by atomic mass is 9.77. The van der Waals surface area contributed by atoms with Gasteiger partial charge in [0.2, 0.25) is 17.7 Å². The molecule has 3 fully saturated rings. The van der Waals surface area contributed by atoms with Crippen LogP contribution in [0.2, 0.25) is 0 Å². The molecule has 6 nitrogen and oxygen atoms in total. The average molecular weight is 492 g/mol. The van der Waals surface area contributed by atoms with Crippen LogP contribution in [0.25, 0.3) is 6.08 Å². The minimum absolute atomic E-state index is 0.0667. The number of carbonyl (C=O) groups excluding carboxylic acids is 3. The lowest BCUT2D eigenvalue weighted by Gasteiger charge is -2.39. The summed E-state index contributed by atoms with van der Waals surface area (Å²) in [7, 11) is 0. The molecule has 35 heavy (non-hydrogen) atoms. The van der Waals surface area contributed by atoms with Crippen molar-refractivity contribution in [2.45, 2.75) is 32.1 Å². The van der Waals surface area contributed by atoms with Crippen molar-refractivity contribution < 1.29 is 14.4 Å². The van der Waals surface area contributed by atoms with E-state index in [9.17, 15) is 14.4 Å². The zero-order valence-corrected chi connectivity index (χ0v) is 20.9. The summed E-state index contributed by atoms with van der Waals surface area (Å²) in [5.74, 6) is 0.0690. The molecule has 3 aliphatic rings. The van der Waals surface area contributed by atoms with Crippen LogP contribution >= 0.6 is 11.3 Å². The Hall–Kier alpha value is -2.93. The zero-order chi connectivity index (χ0) is 24.3. The fourth-order valence-electron chi connectivity index (χ4n) is 5.70. The molecule has 0 N–H and O–H groups in total. The molecule has 0 bridgehead atoms. The maximum Gasteiger partial charge on any atom is 0.246 e. The van der Waals surface area contributed by atoms with Crippen molar-refractivity contribution in [1.82, 2.24) is 14.7 Å². The van der Waals surface area contributed by atoms with Gasteiger partial charge in [-0.15, -0.1) is 0 Å². The van der Waals surface area contributed by atoms with Gasteiger partial charge >= 0.3 is 0 Å². The van der Waals surface area contributed by atoms with Gasteiger partial charge in [-0.25, -0.2) is 0 Å². The van der Waals surface area contributed by atoms with E-state index in [0.717, 1.165) is 57.4 Å². The molecule has 3 amide bonds. The minimum Gasteiger partial charge on any atom is -0.342 e. The molecule has 5 rings (SSSR count). The van der Waals surface area contributed by atoms with E-state index in [1.54, 1.807) is 17.4 Å². The molecule has 184 valence electrons. The number of hydrogen-bond donors (Lipinski definition) is 0. The van der Waals surface area contributed by atoms with E-state index in [-0.39, 0.29) is 29.1 Å². The molecule has 2 aromatic rings. The van der Waals surface area contributed by atoms with Gasteiger partial charge in [0, 0.05) is 51.8 Å². The van der Waals surface area contributed by atoms with Crippen molar-refractivity contribution in [3.05, 3.63) is 64.4 Å². The van der Waals surface area contributed by atoms with Gasteiger partial charge in [-0.2, -0.15) is 11.3 Å². The number of thiophene rings is 1. The van der Waals surface area contributed by atoms with Gasteiger partial charge in [0.05, 0.1) is 5.92 Å². The summed E-state index contributed by atoms with van der Waals surface area (Å²) in [6.45, 7) is 4.20. The molecule has 3 saturated heterocycles. The first-order chi connectivity index (χ1) is 17.0. The largest absolute Gasteiger partial charge is 0.342 e. The number of rotatable bonds is 6. The summed E-state index contributed by atoms with van der Waals surface area (Å²) >= 11 is 1.62. The molecule has 4 heterocycles. The van der Waals surface area contributed by atoms with Gasteiger partial charge in [0.15, 0.2) is 0 Å². The quantitative estimate of drug-likeness (QED) is 0.579. The Kier molecular flexibility index (Phi) is 7.04. The predicted octanol–water partition coefficient (Wildman–Crippen LogP) is 3.69. The zero-order valence-electron chi connectivity index (χ0n) is 20.1. The van der Waals surface area contributed by atoms with Crippen LogP contribution in [-0.2, 0) is 20.8 Å². The number of hydrogen-bond acceptors (Lipinski definition) is 4. The van der Waals surface area contributed by atoms with Crippen LogP contribution < -0.4 is 0 Å². The van der Waals surface area contributed by atoms with Crippen LogP contribution in [0, 0.1) is 11.3 Å². The highest BCUT2D eigenvalue weighted by Gasteiger charge is 2.45. The molecule has 1 aromatic heterocycles. The number of amides is 3. The number of nitrogens with zero attached hydrogens (tertiary/aromatic N) is 3. The maximum absolute atomic E-state index is 13.3. The molecule has 1 atom stereocenters. The Labute approximate surface area is 211 Å². The highest BCUT2D eigenvalue weighted by Crippen LogP contribution is 2.41. The van der Waals surface area contributed by atoms with E-state index < -0.39 is 0 Å². The summed E-state index contributed by atoms with van der Waals surface area (Å²) in [5, 5.41) is 4.03. The molecule has 1 unspecified atom stereocenters. The van der Waals surface area contributed by atoms with E-state index in [1.807, 2.05) is 55.8 Å². The number of benzene rings is 1. The average Bonchev–Trinajstić information content (AvgIpc) is 3.63. The summed E-state index contributed by atoms with van der Waals surface area (Å²) in [4.78, 5) is 44.2. The Bertz CT molecular complexity index is 1070. The molecule has 1 spiro atoms. The Morgan fingerprint density at radius 2 is 1.77 bits per heavy atom. The Balaban J connectivity index is 1.10. The van der Waals surface area contributed by atoms with Crippen molar-refractivity contribution in [3.63, 3.8) is 0 Å². The fourth-order valence-corrected chi connectivity index (χ4v) is 6.32. The summed E-state index contributed by atoms with van der Waals surface area (Å²) in [5.41, 5.74) is 2.38. The Morgan fingerprint density at radius 1 is 1.03 bits per heavy atom. The molecule has 1 aromatic carbocycles. The highest BCUT2D eigenvalue weighted by atomic mass is 32.1. The van der Waals surface area contributed by atoms with Gasteiger partial charge in [0.1, 0.15) is 0 Å². The van der Waals surface area contributed by atoms with Crippen LogP contribution in [0.3, 0.4) is 0 Å². The van der Waals surface area contributed by atoms with Gasteiger partial charge in [-0.3, -0.25) is 14.4 Å². The fraction of sp³-hybridized carbons (Fsp3) is 0.464. The van der Waals surface area contributed by atoms with Crippen LogP contribution in [0.15, 0.2) is 53.2 Å². The van der Waals surface area contributed by atoms with Gasteiger partial charge in [-0.1, -0.05) is 30.3 Å². The first-order valence-corrected chi connectivity index (χ1v) is 13.6. The van der Waals surface area contributed by atoms with Crippen molar-refractivity contribution in [2.24, 2.45) is 11.3 Å². The number of likely N-dealkylation sites (tertiary alicyclic amines) is 3. The lowest BCUT2D eigenvalue weighted by molar-refractivity contribution is -0.135. The summed E-state index contributed by atoms with van der Waals surface area (Å²) in [6, 6.07) is 12.2. The normalized spacial score (nSPS) is 22.0. The molecular weight excluding hydrogens is 458 g/mol. The standard InChI is InChI=1S/C28H33N3O3S/c32-25(7-6-23-9-17-35-20-23)29-14-10-28(11-15-29)12-16-31(21-28)27(34)24-18-26(33)30(19-24)13-8-22-4-2-1-3-5-22/h1-7,9,17,20,24H,8,10-16,18-19,21H2/b7-6+. The third-order valence-electron chi connectivity index (χ3n) is 7.92. The predicted molar refractivity (Wildman–Crippen MR) is 138 cm³/mol. The molecular formula is C28H33N3O3S. The van der Waals surface area contributed by atoms with Gasteiger partial charge < -0.3 is 14.7 Å². The van der Waals surface area contributed by atoms with Crippen LogP contribution in [0.5, 0.6) is 0 Å². The smallest absolute Gasteiger partial charge is 0.246 e. The van der Waals surface area contributed by atoms with Gasteiger partial charge in [-0.05, 0) is 65.1 Å². The van der Waals surface area contributed by atoms with E-state index in [2.05, 4.69) is 12.1 Å². The minimum atomic E-state index is -0.225.